The van der Waals surface area contributed by atoms with E-state index >= 15 is 0 Å². The average molecular weight is 328 g/mol. The van der Waals surface area contributed by atoms with Crippen LogP contribution in [0.1, 0.15) is 25.0 Å². The van der Waals surface area contributed by atoms with Crippen LogP contribution >= 0.6 is 15.9 Å². The lowest BCUT2D eigenvalue weighted by Gasteiger charge is -2.36. The molecule has 1 aromatic rings. The molecule has 4 nitrogen and oxygen atoms in total. The fourth-order valence-electron chi connectivity index (χ4n) is 2.47. The molecule has 1 heterocycles. The maximum atomic E-state index is 11.2. The third-order valence-electron chi connectivity index (χ3n) is 3.46. The van der Waals surface area contributed by atoms with Crippen LogP contribution < -0.4 is 0 Å². The van der Waals surface area contributed by atoms with Gasteiger partial charge in [-0.15, -0.1) is 0 Å². The van der Waals surface area contributed by atoms with Gasteiger partial charge in [0.05, 0.1) is 12.7 Å². The Morgan fingerprint density at radius 1 is 1.58 bits per heavy atom. The van der Waals surface area contributed by atoms with Gasteiger partial charge in [-0.05, 0) is 18.1 Å². The summed E-state index contributed by atoms with van der Waals surface area (Å²) in [6.07, 6.45) is 0.538. The van der Waals surface area contributed by atoms with E-state index < -0.39 is 12.0 Å². The molecule has 2 atom stereocenters. The van der Waals surface area contributed by atoms with Gasteiger partial charge >= 0.3 is 5.97 Å². The maximum absolute atomic E-state index is 11.2. The molecule has 1 saturated heterocycles. The van der Waals surface area contributed by atoms with Crippen molar-refractivity contribution in [3.8, 4) is 0 Å². The van der Waals surface area contributed by atoms with Crippen LogP contribution in [0.3, 0.4) is 0 Å². The first-order valence-corrected chi connectivity index (χ1v) is 7.25. The molecule has 1 N–H and O–H groups in total. The standard InChI is InChI=1S/C14H18BrNO3/c1-2-12(14(17)18)16-7-8-19-13(9-16)10-5-3-4-6-11(10)15/h3-6,12-13H,2,7-9H2,1H3,(H,17,18)/t12-,13-/m0/s1. The number of carboxylic acids is 1. The highest BCUT2D eigenvalue weighted by Crippen LogP contribution is 2.29. The van der Waals surface area contributed by atoms with Crippen LogP contribution in [0.2, 0.25) is 0 Å². The van der Waals surface area contributed by atoms with Gasteiger partial charge in [0.25, 0.3) is 0 Å². The zero-order chi connectivity index (χ0) is 13.8. The molecule has 5 heteroatoms. The van der Waals surface area contributed by atoms with Crippen LogP contribution in [0, 0.1) is 0 Å². The van der Waals surface area contributed by atoms with Crippen molar-refractivity contribution in [3.05, 3.63) is 34.3 Å². The van der Waals surface area contributed by atoms with Gasteiger partial charge in [-0.25, -0.2) is 0 Å². The minimum absolute atomic E-state index is 0.0716. The van der Waals surface area contributed by atoms with Gasteiger partial charge in [0.15, 0.2) is 0 Å². The minimum atomic E-state index is -0.754. The van der Waals surface area contributed by atoms with E-state index in [1.54, 1.807) is 0 Å². The monoisotopic (exact) mass is 327 g/mol. The maximum Gasteiger partial charge on any atom is 0.320 e. The van der Waals surface area contributed by atoms with Crippen molar-refractivity contribution >= 4 is 21.9 Å². The molecule has 0 spiro atoms. The number of carbonyl (C=O) groups is 1. The molecule has 0 radical (unpaired) electrons. The normalized spacial score (nSPS) is 22.1. The fourth-order valence-corrected chi connectivity index (χ4v) is 3.01. The number of nitrogens with zero attached hydrogens (tertiary/aromatic N) is 1. The lowest BCUT2D eigenvalue weighted by Crippen LogP contribution is -2.48. The second-order valence-corrected chi connectivity index (χ2v) is 5.49. The first kappa shape index (κ1) is 14.5. The van der Waals surface area contributed by atoms with Crippen LogP contribution in [-0.2, 0) is 9.53 Å². The van der Waals surface area contributed by atoms with E-state index in [0.717, 1.165) is 10.0 Å². The summed E-state index contributed by atoms with van der Waals surface area (Å²) < 4.78 is 6.79. The Kier molecular flexibility index (Phi) is 4.96. The molecule has 1 fully saturated rings. The highest BCUT2D eigenvalue weighted by molar-refractivity contribution is 9.10. The average Bonchev–Trinajstić information content (AvgIpc) is 2.40. The van der Waals surface area contributed by atoms with Gasteiger partial charge in [-0.3, -0.25) is 9.69 Å². The van der Waals surface area contributed by atoms with Crippen molar-refractivity contribution in [1.29, 1.82) is 0 Å². The number of carboxylic acid groups (broad SMARTS) is 1. The Balaban J connectivity index is 2.13. The molecular weight excluding hydrogens is 310 g/mol. The van der Waals surface area contributed by atoms with Gasteiger partial charge in [0.1, 0.15) is 6.04 Å². The summed E-state index contributed by atoms with van der Waals surface area (Å²) in [5.41, 5.74) is 1.08. The molecule has 0 unspecified atom stereocenters. The third kappa shape index (κ3) is 3.35. The van der Waals surface area contributed by atoms with Crippen molar-refractivity contribution in [1.82, 2.24) is 4.90 Å². The zero-order valence-electron chi connectivity index (χ0n) is 10.9. The Labute approximate surface area is 121 Å². The highest BCUT2D eigenvalue weighted by atomic mass is 79.9. The second kappa shape index (κ2) is 6.50. The number of benzene rings is 1. The number of halogens is 1. The van der Waals surface area contributed by atoms with E-state index in [0.29, 0.717) is 26.1 Å². The van der Waals surface area contributed by atoms with Gasteiger partial charge in [-0.2, -0.15) is 0 Å². The Morgan fingerprint density at radius 2 is 2.32 bits per heavy atom. The number of hydrogen-bond acceptors (Lipinski definition) is 3. The summed E-state index contributed by atoms with van der Waals surface area (Å²) in [6, 6.07) is 7.50. The number of hydrogen-bond donors (Lipinski definition) is 1. The summed E-state index contributed by atoms with van der Waals surface area (Å²) in [5.74, 6) is -0.754. The molecule has 1 aromatic carbocycles. The fraction of sp³-hybridized carbons (Fsp3) is 0.500. The van der Waals surface area contributed by atoms with Gasteiger partial charge in [-0.1, -0.05) is 41.1 Å². The lowest BCUT2D eigenvalue weighted by atomic mass is 10.1. The SMILES string of the molecule is CC[C@@H](C(=O)O)N1CCO[C@H](c2ccccc2Br)C1. The topological polar surface area (TPSA) is 49.8 Å². The molecule has 0 aliphatic carbocycles. The number of morpholine rings is 1. The minimum Gasteiger partial charge on any atom is -0.480 e. The second-order valence-electron chi connectivity index (χ2n) is 4.64. The van der Waals surface area contributed by atoms with Crippen molar-refractivity contribution in [2.45, 2.75) is 25.5 Å². The largest absolute Gasteiger partial charge is 0.480 e. The predicted octanol–water partition coefficient (Wildman–Crippen LogP) is 2.69. The van der Waals surface area contributed by atoms with Gasteiger partial charge in [0.2, 0.25) is 0 Å². The number of ether oxygens (including phenoxy) is 1. The predicted molar refractivity (Wildman–Crippen MR) is 76.1 cm³/mol. The van der Waals surface area contributed by atoms with E-state index in [2.05, 4.69) is 15.9 Å². The van der Waals surface area contributed by atoms with Crippen molar-refractivity contribution < 1.29 is 14.6 Å². The van der Waals surface area contributed by atoms with Crippen LogP contribution in [-0.4, -0.2) is 41.7 Å². The van der Waals surface area contributed by atoms with Gasteiger partial charge in [0, 0.05) is 17.6 Å². The Bertz CT molecular complexity index is 452. The molecule has 1 aliphatic heterocycles. The zero-order valence-corrected chi connectivity index (χ0v) is 12.5. The van der Waals surface area contributed by atoms with E-state index in [9.17, 15) is 9.90 Å². The Morgan fingerprint density at radius 3 is 2.95 bits per heavy atom. The molecule has 2 rings (SSSR count). The quantitative estimate of drug-likeness (QED) is 0.923. The summed E-state index contributed by atoms with van der Waals surface area (Å²) in [4.78, 5) is 13.2. The molecule has 0 saturated carbocycles. The third-order valence-corrected chi connectivity index (χ3v) is 4.18. The van der Waals surface area contributed by atoms with Gasteiger partial charge < -0.3 is 9.84 Å². The van der Waals surface area contributed by atoms with E-state index in [4.69, 9.17) is 4.74 Å². The molecule has 1 aliphatic rings. The molecule has 0 amide bonds. The number of aliphatic carboxylic acids is 1. The van der Waals surface area contributed by atoms with Crippen LogP contribution in [0.4, 0.5) is 0 Å². The molecular formula is C14H18BrNO3. The molecule has 0 aromatic heterocycles. The van der Waals surface area contributed by atoms with Crippen molar-refractivity contribution in [2.75, 3.05) is 19.7 Å². The van der Waals surface area contributed by atoms with E-state index in [1.807, 2.05) is 36.1 Å². The summed E-state index contributed by atoms with van der Waals surface area (Å²) in [7, 11) is 0. The molecule has 19 heavy (non-hydrogen) atoms. The first-order valence-electron chi connectivity index (χ1n) is 6.46. The Hall–Kier alpha value is -0.910. The van der Waals surface area contributed by atoms with Crippen LogP contribution in [0.15, 0.2) is 28.7 Å². The number of rotatable bonds is 4. The van der Waals surface area contributed by atoms with Crippen LogP contribution in [0.25, 0.3) is 0 Å². The highest BCUT2D eigenvalue weighted by Gasteiger charge is 2.30. The van der Waals surface area contributed by atoms with Crippen molar-refractivity contribution in [2.24, 2.45) is 0 Å². The van der Waals surface area contributed by atoms with Crippen molar-refractivity contribution in [3.63, 3.8) is 0 Å². The summed E-state index contributed by atoms with van der Waals surface area (Å²) in [6.45, 7) is 3.76. The molecule has 104 valence electrons. The summed E-state index contributed by atoms with van der Waals surface area (Å²) in [5, 5.41) is 9.25. The summed E-state index contributed by atoms with van der Waals surface area (Å²) >= 11 is 3.52. The lowest BCUT2D eigenvalue weighted by molar-refractivity contribution is -0.147. The van der Waals surface area contributed by atoms with E-state index in [-0.39, 0.29) is 6.10 Å². The smallest absolute Gasteiger partial charge is 0.320 e. The first-order chi connectivity index (χ1) is 9.13. The van der Waals surface area contributed by atoms with Crippen LogP contribution in [0.5, 0.6) is 0 Å². The van der Waals surface area contributed by atoms with E-state index in [1.165, 1.54) is 0 Å². The molecule has 0 bridgehead atoms.